The summed E-state index contributed by atoms with van der Waals surface area (Å²) in [4.78, 5) is 7.41. The van der Waals surface area contributed by atoms with E-state index in [0.29, 0.717) is 0 Å². The molecule has 0 aromatic rings. The lowest BCUT2D eigenvalue weighted by atomic mass is 10.1. The molecule has 1 saturated carbocycles. The minimum atomic E-state index is 0.791. The fraction of sp³-hybridized carbons (Fsp3) is 0.909. The van der Waals surface area contributed by atoms with Crippen LogP contribution in [0.5, 0.6) is 0 Å². The summed E-state index contributed by atoms with van der Waals surface area (Å²) < 4.78 is 0. The van der Waals surface area contributed by atoms with E-state index in [1.807, 2.05) is 0 Å². The Morgan fingerprint density at radius 3 is 2.50 bits per heavy atom. The Balaban J connectivity index is 1.80. The molecule has 0 bridgehead atoms. The third-order valence-electron chi connectivity index (χ3n) is 3.48. The molecule has 2 aliphatic rings. The molecule has 0 aromatic heterocycles. The van der Waals surface area contributed by atoms with Crippen molar-refractivity contribution in [2.75, 3.05) is 20.2 Å². The Kier molecular flexibility index (Phi) is 3.06. The van der Waals surface area contributed by atoms with E-state index in [9.17, 15) is 0 Å². The molecule has 0 N–H and O–H groups in total. The van der Waals surface area contributed by atoms with Crippen LogP contribution in [-0.4, -0.2) is 36.9 Å². The maximum Gasteiger partial charge on any atom is 0.106 e. The van der Waals surface area contributed by atoms with Crippen LogP contribution in [0.1, 0.15) is 32.6 Å². The van der Waals surface area contributed by atoms with Crippen molar-refractivity contribution < 1.29 is 4.84 Å². The first-order chi connectivity index (χ1) is 6.81. The molecule has 0 radical (unpaired) electrons. The summed E-state index contributed by atoms with van der Waals surface area (Å²) in [5, 5.41) is 4.03. The van der Waals surface area contributed by atoms with Gasteiger partial charge in [-0.05, 0) is 25.7 Å². The smallest absolute Gasteiger partial charge is 0.106 e. The summed E-state index contributed by atoms with van der Waals surface area (Å²) in [7, 11) is 1.63. The predicted molar refractivity (Wildman–Crippen MR) is 57.4 cm³/mol. The van der Waals surface area contributed by atoms with Crippen LogP contribution in [0.3, 0.4) is 0 Å². The van der Waals surface area contributed by atoms with Gasteiger partial charge in [-0.2, -0.15) is 0 Å². The molecule has 14 heavy (non-hydrogen) atoms. The van der Waals surface area contributed by atoms with Crippen LogP contribution in [0.15, 0.2) is 5.16 Å². The van der Waals surface area contributed by atoms with E-state index in [1.165, 1.54) is 31.6 Å². The topological polar surface area (TPSA) is 24.8 Å². The summed E-state index contributed by atoms with van der Waals surface area (Å²) in [5.74, 6) is 0.982. The molecular weight excluding hydrogens is 176 g/mol. The van der Waals surface area contributed by atoms with Gasteiger partial charge in [-0.1, -0.05) is 5.16 Å². The highest BCUT2D eigenvalue weighted by Crippen LogP contribution is 2.35. The first-order valence-corrected chi connectivity index (χ1v) is 5.64. The highest BCUT2D eigenvalue weighted by molar-refractivity contribution is 5.84. The fourth-order valence-electron chi connectivity index (χ4n) is 2.29. The van der Waals surface area contributed by atoms with Gasteiger partial charge < -0.3 is 4.84 Å². The highest BCUT2D eigenvalue weighted by atomic mass is 16.6. The first kappa shape index (κ1) is 9.97. The molecule has 1 heterocycles. The van der Waals surface area contributed by atoms with Gasteiger partial charge in [0.05, 0.1) is 5.71 Å². The highest BCUT2D eigenvalue weighted by Gasteiger charge is 2.32. The quantitative estimate of drug-likeness (QED) is 0.644. The van der Waals surface area contributed by atoms with E-state index < -0.39 is 0 Å². The molecule has 80 valence electrons. The van der Waals surface area contributed by atoms with E-state index in [-0.39, 0.29) is 0 Å². The SMILES string of the molecule is CON=C1CCN(C(C)C2CC2)CC1. The van der Waals surface area contributed by atoms with Gasteiger partial charge in [0.1, 0.15) is 7.11 Å². The molecular formula is C11H20N2O. The second-order valence-corrected chi connectivity index (χ2v) is 4.45. The zero-order valence-electron chi connectivity index (χ0n) is 9.20. The summed E-state index contributed by atoms with van der Waals surface area (Å²) in [6, 6.07) is 0.791. The first-order valence-electron chi connectivity index (χ1n) is 5.64. The Hall–Kier alpha value is -0.570. The molecule has 0 amide bonds. The maximum atomic E-state index is 4.81. The van der Waals surface area contributed by atoms with Gasteiger partial charge in [0.15, 0.2) is 0 Å². The van der Waals surface area contributed by atoms with Gasteiger partial charge in [0, 0.05) is 32.0 Å². The number of hydrogen-bond acceptors (Lipinski definition) is 3. The lowest BCUT2D eigenvalue weighted by molar-refractivity contribution is 0.178. The monoisotopic (exact) mass is 196 g/mol. The third kappa shape index (κ3) is 2.27. The van der Waals surface area contributed by atoms with Gasteiger partial charge in [-0.3, -0.25) is 4.90 Å². The average molecular weight is 196 g/mol. The van der Waals surface area contributed by atoms with Crippen LogP contribution < -0.4 is 0 Å². The van der Waals surface area contributed by atoms with Crippen LogP contribution in [0.25, 0.3) is 0 Å². The molecule has 2 rings (SSSR count). The van der Waals surface area contributed by atoms with Gasteiger partial charge in [0.2, 0.25) is 0 Å². The maximum absolute atomic E-state index is 4.81. The zero-order valence-corrected chi connectivity index (χ0v) is 9.20. The van der Waals surface area contributed by atoms with E-state index in [4.69, 9.17) is 4.84 Å². The van der Waals surface area contributed by atoms with Crippen molar-refractivity contribution in [2.45, 2.75) is 38.6 Å². The van der Waals surface area contributed by atoms with Crippen molar-refractivity contribution in [2.24, 2.45) is 11.1 Å². The summed E-state index contributed by atoms with van der Waals surface area (Å²) >= 11 is 0. The second kappa shape index (κ2) is 4.30. The minimum absolute atomic E-state index is 0.791. The standard InChI is InChI=1S/C11H20N2O/c1-9(10-3-4-10)13-7-5-11(6-8-13)12-14-2/h9-10H,3-8H2,1-2H3. The number of hydrogen-bond donors (Lipinski definition) is 0. The van der Waals surface area contributed by atoms with Crippen LogP contribution in [0.4, 0.5) is 0 Å². The normalized spacial score (nSPS) is 26.0. The summed E-state index contributed by atoms with van der Waals surface area (Å²) in [5.41, 5.74) is 1.23. The summed E-state index contributed by atoms with van der Waals surface area (Å²) in [6.45, 7) is 4.70. The van der Waals surface area contributed by atoms with E-state index in [2.05, 4.69) is 17.0 Å². The predicted octanol–water partition coefficient (Wildman–Crippen LogP) is 1.88. The van der Waals surface area contributed by atoms with Crippen molar-refractivity contribution in [3.63, 3.8) is 0 Å². The number of likely N-dealkylation sites (tertiary alicyclic amines) is 1. The summed E-state index contributed by atoms with van der Waals surface area (Å²) in [6.07, 6.45) is 5.06. The molecule has 0 spiro atoms. The lowest BCUT2D eigenvalue weighted by Crippen LogP contribution is -2.41. The molecule has 3 heteroatoms. The molecule has 1 saturated heterocycles. The largest absolute Gasteiger partial charge is 0.399 e. The number of piperidine rings is 1. The number of nitrogens with zero attached hydrogens (tertiary/aromatic N) is 2. The van der Waals surface area contributed by atoms with Crippen LogP contribution >= 0.6 is 0 Å². The van der Waals surface area contributed by atoms with Gasteiger partial charge in [-0.25, -0.2) is 0 Å². The van der Waals surface area contributed by atoms with Crippen molar-refractivity contribution in [3.05, 3.63) is 0 Å². The third-order valence-corrected chi connectivity index (χ3v) is 3.48. The van der Waals surface area contributed by atoms with Gasteiger partial charge in [-0.15, -0.1) is 0 Å². The number of rotatable bonds is 3. The van der Waals surface area contributed by atoms with Crippen LogP contribution in [0.2, 0.25) is 0 Å². The molecule has 1 aliphatic carbocycles. The second-order valence-electron chi connectivity index (χ2n) is 4.45. The molecule has 1 atom stereocenters. The Morgan fingerprint density at radius 1 is 1.36 bits per heavy atom. The van der Waals surface area contributed by atoms with Crippen molar-refractivity contribution in [1.82, 2.24) is 4.90 Å². The Bertz CT molecular complexity index is 213. The molecule has 0 aromatic carbocycles. The van der Waals surface area contributed by atoms with E-state index in [1.54, 1.807) is 7.11 Å². The van der Waals surface area contributed by atoms with Crippen molar-refractivity contribution in [1.29, 1.82) is 0 Å². The average Bonchev–Trinajstić information content (AvgIpc) is 3.02. The minimum Gasteiger partial charge on any atom is -0.399 e. The van der Waals surface area contributed by atoms with Crippen molar-refractivity contribution >= 4 is 5.71 Å². The van der Waals surface area contributed by atoms with E-state index >= 15 is 0 Å². The fourth-order valence-corrected chi connectivity index (χ4v) is 2.29. The number of oxime groups is 1. The Morgan fingerprint density at radius 2 is 2.00 bits per heavy atom. The zero-order chi connectivity index (χ0) is 9.97. The van der Waals surface area contributed by atoms with Crippen LogP contribution in [0, 0.1) is 5.92 Å². The molecule has 1 unspecified atom stereocenters. The Labute approximate surface area is 86.1 Å². The van der Waals surface area contributed by atoms with Crippen molar-refractivity contribution in [3.8, 4) is 0 Å². The molecule has 2 fully saturated rings. The van der Waals surface area contributed by atoms with Gasteiger partial charge >= 0.3 is 0 Å². The van der Waals surface area contributed by atoms with E-state index in [0.717, 1.165) is 24.8 Å². The molecule has 3 nitrogen and oxygen atoms in total. The molecule has 1 aliphatic heterocycles. The van der Waals surface area contributed by atoms with Gasteiger partial charge in [0.25, 0.3) is 0 Å². The lowest BCUT2D eigenvalue weighted by Gasteiger charge is -2.32. The van der Waals surface area contributed by atoms with Crippen LogP contribution in [-0.2, 0) is 4.84 Å².